The van der Waals surface area contributed by atoms with Gasteiger partial charge < -0.3 is 5.11 Å². The fourth-order valence-electron chi connectivity index (χ4n) is 2.38. The Morgan fingerprint density at radius 2 is 2.19 bits per heavy atom. The van der Waals surface area contributed by atoms with Gasteiger partial charge in [0.2, 0.25) is 0 Å². The van der Waals surface area contributed by atoms with Crippen LogP contribution in [0.15, 0.2) is 18.2 Å². The number of carboxylic acid groups (broad SMARTS) is 1. The summed E-state index contributed by atoms with van der Waals surface area (Å²) in [5.41, 5.74) is 0.641. The first kappa shape index (κ1) is 14.3. The van der Waals surface area contributed by atoms with Crippen molar-refractivity contribution in [3.63, 3.8) is 0 Å². The van der Waals surface area contributed by atoms with E-state index < -0.39 is 5.97 Å². The Hall–Kier alpha value is -1.66. The number of halogens is 2. The third-order valence-corrected chi connectivity index (χ3v) is 4.08. The van der Waals surface area contributed by atoms with E-state index in [0.29, 0.717) is 27.4 Å². The summed E-state index contributed by atoms with van der Waals surface area (Å²) in [5, 5.41) is 21.7. The molecule has 1 unspecified atom stereocenters. The smallest absolute Gasteiger partial charge is 0.305 e. The number of aromatic nitrogens is 4. The van der Waals surface area contributed by atoms with E-state index in [4.69, 9.17) is 28.3 Å². The van der Waals surface area contributed by atoms with Crippen LogP contribution in [0.4, 0.5) is 0 Å². The largest absolute Gasteiger partial charge is 0.481 e. The minimum Gasteiger partial charge on any atom is -0.481 e. The molecule has 3 rings (SSSR count). The van der Waals surface area contributed by atoms with E-state index in [-0.39, 0.29) is 12.5 Å². The maximum Gasteiger partial charge on any atom is 0.305 e. The lowest BCUT2D eigenvalue weighted by Gasteiger charge is -2.16. The lowest BCUT2D eigenvalue weighted by molar-refractivity contribution is -0.138. The maximum atomic E-state index is 11.1. The number of tetrazole rings is 1. The van der Waals surface area contributed by atoms with Gasteiger partial charge in [-0.15, -0.1) is 5.10 Å². The highest BCUT2D eigenvalue weighted by Crippen LogP contribution is 2.43. The molecule has 1 aliphatic rings. The Labute approximate surface area is 130 Å². The molecule has 1 heterocycles. The summed E-state index contributed by atoms with van der Waals surface area (Å²) in [6, 6.07) is 4.79. The van der Waals surface area contributed by atoms with Gasteiger partial charge in [-0.25, -0.2) is 4.68 Å². The summed E-state index contributed by atoms with van der Waals surface area (Å²) < 4.78 is 1.57. The summed E-state index contributed by atoms with van der Waals surface area (Å²) in [6.45, 7) is 0. The van der Waals surface area contributed by atoms with Gasteiger partial charge in [-0.05, 0) is 47.4 Å². The molecule has 0 amide bonds. The van der Waals surface area contributed by atoms with Gasteiger partial charge in [0.1, 0.15) is 0 Å². The Balaban J connectivity index is 2.01. The predicted octanol–water partition coefficient (Wildman–Crippen LogP) is 3.07. The number of aliphatic carboxylic acids is 1. The quantitative estimate of drug-likeness (QED) is 0.913. The summed E-state index contributed by atoms with van der Waals surface area (Å²) in [4.78, 5) is 11.1. The SMILES string of the molecule is O=C(O)CC(C1CC1)n1nnnc1-c1ccc(Cl)cc1Cl. The highest BCUT2D eigenvalue weighted by molar-refractivity contribution is 6.36. The Kier molecular flexibility index (Phi) is 3.82. The molecule has 6 nitrogen and oxygen atoms in total. The van der Waals surface area contributed by atoms with Crippen LogP contribution in [-0.2, 0) is 4.79 Å². The molecule has 0 aliphatic heterocycles. The van der Waals surface area contributed by atoms with Crippen molar-refractivity contribution in [2.45, 2.75) is 25.3 Å². The molecule has 21 heavy (non-hydrogen) atoms. The molecule has 0 bridgehead atoms. The topological polar surface area (TPSA) is 80.9 Å². The van der Waals surface area contributed by atoms with E-state index in [1.807, 2.05) is 0 Å². The van der Waals surface area contributed by atoms with E-state index in [2.05, 4.69) is 15.5 Å². The zero-order valence-corrected chi connectivity index (χ0v) is 12.4. The van der Waals surface area contributed by atoms with Crippen LogP contribution in [0, 0.1) is 5.92 Å². The summed E-state index contributed by atoms with van der Waals surface area (Å²) >= 11 is 12.1. The van der Waals surface area contributed by atoms with Crippen LogP contribution in [0.2, 0.25) is 10.0 Å². The molecule has 1 N–H and O–H groups in total. The Bertz CT molecular complexity index is 685. The third kappa shape index (κ3) is 3.01. The minimum absolute atomic E-state index is 0.00604. The zero-order valence-electron chi connectivity index (χ0n) is 10.9. The second kappa shape index (κ2) is 5.61. The standard InChI is InChI=1S/C13H12Cl2N4O2/c14-8-3-4-9(10(15)5-8)13-16-17-18-19(13)11(6-12(20)21)7-1-2-7/h3-5,7,11H,1-2,6H2,(H,20,21). The van der Waals surface area contributed by atoms with Gasteiger partial charge in [-0.1, -0.05) is 23.2 Å². The van der Waals surface area contributed by atoms with Crippen molar-refractivity contribution in [3.8, 4) is 11.4 Å². The summed E-state index contributed by atoms with van der Waals surface area (Å²) in [7, 11) is 0. The van der Waals surface area contributed by atoms with Gasteiger partial charge in [0.05, 0.1) is 17.5 Å². The molecule has 0 saturated heterocycles. The zero-order chi connectivity index (χ0) is 15.0. The van der Waals surface area contributed by atoms with Crippen molar-refractivity contribution in [1.29, 1.82) is 0 Å². The fourth-order valence-corrected chi connectivity index (χ4v) is 2.87. The average Bonchev–Trinajstić information content (AvgIpc) is 3.14. The van der Waals surface area contributed by atoms with E-state index in [1.54, 1.807) is 22.9 Å². The normalized spacial score (nSPS) is 15.9. The molecule has 8 heteroatoms. The van der Waals surface area contributed by atoms with Gasteiger partial charge in [-0.2, -0.15) is 0 Å². The van der Waals surface area contributed by atoms with Crippen molar-refractivity contribution >= 4 is 29.2 Å². The van der Waals surface area contributed by atoms with Gasteiger partial charge in [0.25, 0.3) is 0 Å². The third-order valence-electron chi connectivity index (χ3n) is 3.53. The molecule has 2 aromatic rings. The van der Waals surface area contributed by atoms with Gasteiger partial charge in [0, 0.05) is 10.6 Å². The van der Waals surface area contributed by atoms with Crippen LogP contribution in [0.5, 0.6) is 0 Å². The first-order chi connectivity index (χ1) is 10.1. The molecule has 1 aliphatic carbocycles. The maximum absolute atomic E-state index is 11.1. The summed E-state index contributed by atoms with van der Waals surface area (Å²) in [6.07, 6.45) is 1.98. The molecule has 0 radical (unpaired) electrons. The number of benzene rings is 1. The molecule has 110 valence electrons. The summed E-state index contributed by atoms with van der Waals surface area (Å²) in [5.74, 6) is -0.0974. The predicted molar refractivity (Wildman–Crippen MR) is 77.3 cm³/mol. The van der Waals surface area contributed by atoms with E-state index in [9.17, 15) is 4.79 Å². The van der Waals surface area contributed by atoms with Crippen molar-refractivity contribution in [3.05, 3.63) is 28.2 Å². The number of carboxylic acids is 1. The highest BCUT2D eigenvalue weighted by atomic mass is 35.5. The van der Waals surface area contributed by atoms with Crippen LogP contribution in [0.3, 0.4) is 0 Å². The molecule has 1 aromatic heterocycles. The molecule has 1 saturated carbocycles. The van der Waals surface area contributed by atoms with Gasteiger partial charge >= 0.3 is 5.97 Å². The minimum atomic E-state index is -0.865. The first-order valence-corrected chi connectivity index (χ1v) is 7.27. The van der Waals surface area contributed by atoms with Gasteiger partial charge in [0.15, 0.2) is 5.82 Å². The van der Waals surface area contributed by atoms with Crippen molar-refractivity contribution in [2.24, 2.45) is 5.92 Å². The molecule has 1 fully saturated rings. The molecule has 0 spiro atoms. The van der Waals surface area contributed by atoms with Crippen LogP contribution < -0.4 is 0 Å². The number of rotatable bonds is 5. The molecule has 1 atom stereocenters. The number of carbonyl (C=O) groups is 1. The van der Waals surface area contributed by atoms with Gasteiger partial charge in [-0.3, -0.25) is 4.79 Å². The van der Waals surface area contributed by atoms with Crippen molar-refractivity contribution in [2.75, 3.05) is 0 Å². The molecular weight excluding hydrogens is 315 g/mol. The van der Waals surface area contributed by atoms with Crippen molar-refractivity contribution < 1.29 is 9.90 Å². The number of hydrogen-bond acceptors (Lipinski definition) is 4. The Morgan fingerprint density at radius 1 is 1.43 bits per heavy atom. The van der Waals surface area contributed by atoms with Crippen LogP contribution in [0.1, 0.15) is 25.3 Å². The fraction of sp³-hybridized carbons (Fsp3) is 0.385. The first-order valence-electron chi connectivity index (χ1n) is 6.51. The highest BCUT2D eigenvalue weighted by Gasteiger charge is 2.36. The monoisotopic (exact) mass is 326 g/mol. The van der Waals surface area contributed by atoms with E-state index in [1.165, 1.54) is 0 Å². The van der Waals surface area contributed by atoms with Crippen molar-refractivity contribution in [1.82, 2.24) is 20.2 Å². The Morgan fingerprint density at radius 3 is 2.81 bits per heavy atom. The van der Waals surface area contributed by atoms with Crippen LogP contribution in [-0.4, -0.2) is 31.3 Å². The average molecular weight is 327 g/mol. The molecular formula is C13H12Cl2N4O2. The number of nitrogens with zero attached hydrogens (tertiary/aromatic N) is 4. The second-order valence-electron chi connectivity index (χ2n) is 5.07. The van der Waals surface area contributed by atoms with Crippen LogP contribution in [0.25, 0.3) is 11.4 Å². The van der Waals surface area contributed by atoms with E-state index in [0.717, 1.165) is 12.8 Å². The number of hydrogen-bond donors (Lipinski definition) is 1. The van der Waals surface area contributed by atoms with Crippen LogP contribution >= 0.6 is 23.2 Å². The van der Waals surface area contributed by atoms with E-state index >= 15 is 0 Å². The second-order valence-corrected chi connectivity index (χ2v) is 5.92. The molecule has 1 aromatic carbocycles. The lowest BCUT2D eigenvalue weighted by Crippen LogP contribution is -2.18. The lowest BCUT2D eigenvalue weighted by atomic mass is 10.1.